The predicted molar refractivity (Wildman–Crippen MR) is 95.6 cm³/mol. The molecule has 0 N–H and O–H groups in total. The summed E-state index contributed by atoms with van der Waals surface area (Å²) >= 11 is 0. The minimum atomic E-state index is 0.374. The number of hydrogen-bond donors (Lipinski definition) is 0. The minimum Gasteiger partial charge on any atom is -0.481 e. The lowest BCUT2D eigenvalue weighted by Gasteiger charge is -2.40. The number of likely N-dealkylation sites (tertiary alicyclic amines) is 1. The van der Waals surface area contributed by atoms with Crippen molar-refractivity contribution in [2.45, 2.75) is 25.8 Å². The standard InChI is InChI=1S/C18H26N6O/c1-22-10-15(9-21-22)11-23-6-3-4-18(12-23)5-7-24(13-18)16-8-17(25-2)20-14-19-16/h8-10,14H,3-7,11-13H2,1-2H3/t18-/m0/s1. The summed E-state index contributed by atoms with van der Waals surface area (Å²) < 4.78 is 7.13. The second-order valence-electron chi connectivity index (χ2n) is 7.43. The number of piperidine rings is 1. The van der Waals surface area contributed by atoms with E-state index in [2.05, 4.69) is 31.1 Å². The number of anilines is 1. The maximum atomic E-state index is 5.24. The molecule has 2 aromatic rings. The maximum Gasteiger partial charge on any atom is 0.218 e. The molecular weight excluding hydrogens is 316 g/mol. The molecule has 0 radical (unpaired) electrons. The van der Waals surface area contributed by atoms with Crippen molar-refractivity contribution in [2.75, 3.05) is 38.2 Å². The molecule has 2 aromatic heterocycles. The lowest BCUT2D eigenvalue weighted by Crippen LogP contribution is -2.44. The van der Waals surface area contributed by atoms with Gasteiger partial charge in [0.1, 0.15) is 12.1 Å². The van der Waals surface area contributed by atoms with E-state index in [1.165, 1.54) is 31.4 Å². The van der Waals surface area contributed by atoms with Crippen molar-refractivity contribution in [1.29, 1.82) is 0 Å². The Morgan fingerprint density at radius 1 is 1.20 bits per heavy atom. The van der Waals surface area contributed by atoms with Crippen LogP contribution in [0.1, 0.15) is 24.8 Å². The zero-order chi connectivity index (χ0) is 17.3. The van der Waals surface area contributed by atoms with E-state index in [9.17, 15) is 0 Å². The van der Waals surface area contributed by atoms with E-state index in [1.54, 1.807) is 13.4 Å². The number of ether oxygens (including phenoxy) is 1. The van der Waals surface area contributed by atoms with Crippen molar-refractivity contribution in [2.24, 2.45) is 12.5 Å². The quantitative estimate of drug-likeness (QED) is 0.843. The molecule has 2 saturated heterocycles. The Labute approximate surface area is 148 Å². The Morgan fingerprint density at radius 2 is 2.12 bits per heavy atom. The zero-order valence-corrected chi connectivity index (χ0v) is 15.1. The first-order valence-electron chi connectivity index (χ1n) is 8.97. The van der Waals surface area contributed by atoms with Crippen LogP contribution in [0.3, 0.4) is 0 Å². The van der Waals surface area contributed by atoms with Gasteiger partial charge in [-0.3, -0.25) is 9.58 Å². The van der Waals surface area contributed by atoms with Gasteiger partial charge in [-0.15, -0.1) is 0 Å². The highest BCUT2D eigenvalue weighted by molar-refractivity contribution is 5.42. The molecule has 2 fully saturated rings. The number of methoxy groups -OCH3 is 1. The van der Waals surface area contributed by atoms with Crippen molar-refractivity contribution in [1.82, 2.24) is 24.6 Å². The van der Waals surface area contributed by atoms with Crippen molar-refractivity contribution < 1.29 is 4.74 Å². The highest BCUT2D eigenvalue weighted by atomic mass is 16.5. The molecule has 0 amide bonds. The summed E-state index contributed by atoms with van der Waals surface area (Å²) in [5, 5.41) is 4.29. The van der Waals surface area contributed by atoms with Crippen LogP contribution in [0, 0.1) is 5.41 Å². The molecule has 7 nitrogen and oxygen atoms in total. The molecule has 25 heavy (non-hydrogen) atoms. The van der Waals surface area contributed by atoms with Gasteiger partial charge in [0.2, 0.25) is 5.88 Å². The molecule has 1 atom stereocenters. The van der Waals surface area contributed by atoms with Gasteiger partial charge in [0.05, 0.1) is 13.3 Å². The topological polar surface area (TPSA) is 59.3 Å². The van der Waals surface area contributed by atoms with Gasteiger partial charge >= 0.3 is 0 Å². The van der Waals surface area contributed by atoms with Crippen LogP contribution in [-0.4, -0.2) is 57.9 Å². The average molecular weight is 342 g/mol. The Kier molecular flexibility index (Phi) is 4.33. The molecule has 0 aromatic carbocycles. The number of nitrogens with zero attached hydrogens (tertiary/aromatic N) is 6. The normalized spacial score (nSPS) is 24.2. The third-order valence-corrected chi connectivity index (χ3v) is 5.50. The Balaban J connectivity index is 1.43. The fraction of sp³-hybridized carbons (Fsp3) is 0.611. The van der Waals surface area contributed by atoms with Gasteiger partial charge in [0.25, 0.3) is 0 Å². The third-order valence-electron chi connectivity index (χ3n) is 5.50. The molecule has 2 aliphatic heterocycles. The minimum absolute atomic E-state index is 0.374. The Hall–Kier alpha value is -2.15. The van der Waals surface area contributed by atoms with E-state index in [4.69, 9.17) is 4.74 Å². The van der Waals surface area contributed by atoms with Gasteiger partial charge in [0.15, 0.2) is 0 Å². The van der Waals surface area contributed by atoms with Crippen LogP contribution in [0.25, 0.3) is 0 Å². The first-order chi connectivity index (χ1) is 12.2. The van der Waals surface area contributed by atoms with Crippen LogP contribution >= 0.6 is 0 Å². The van der Waals surface area contributed by atoms with E-state index in [0.29, 0.717) is 11.3 Å². The SMILES string of the molecule is COc1cc(N2CC[C@]3(CCCN(Cc4cnn(C)c4)C3)C2)ncn1. The molecule has 1 spiro atoms. The molecule has 7 heteroatoms. The number of aromatic nitrogens is 4. The summed E-state index contributed by atoms with van der Waals surface area (Å²) in [6, 6.07) is 1.94. The summed E-state index contributed by atoms with van der Waals surface area (Å²) in [5.41, 5.74) is 1.67. The van der Waals surface area contributed by atoms with E-state index < -0.39 is 0 Å². The third kappa shape index (κ3) is 3.46. The number of rotatable bonds is 4. The van der Waals surface area contributed by atoms with Crippen LogP contribution in [0.2, 0.25) is 0 Å². The van der Waals surface area contributed by atoms with Gasteiger partial charge < -0.3 is 9.64 Å². The summed E-state index contributed by atoms with van der Waals surface area (Å²) in [5.74, 6) is 1.61. The zero-order valence-electron chi connectivity index (χ0n) is 15.1. The highest BCUT2D eigenvalue weighted by Gasteiger charge is 2.41. The smallest absolute Gasteiger partial charge is 0.218 e. The Morgan fingerprint density at radius 3 is 2.92 bits per heavy atom. The van der Waals surface area contributed by atoms with E-state index >= 15 is 0 Å². The molecule has 134 valence electrons. The van der Waals surface area contributed by atoms with Gasteiger partial charge in [-0.25, -0.2) is 9.97 Å². The number of aryl methyl sites for hydroxylation is 1. The van der Waals surface area contributed by atoms with Crippen LogP contribution in [-0.2, 0) is 13.6 Å². The lowest BCUT2D eigenvalue weighted by molar-refractivity contribution is 0.0991. The van der Waals surface area contributed by atoms with Crippen molar-refractivity contribution >= 4 is 5.82 Å². The van der Waals surface area contributed by atoms with E-state index in [-0.39, 0.29) is 0 Å². The Bertz CT molecular complexity index is 732. The first-order valence-corrected chi connectivity index (χ1v) is 8.97. The van der Waals surface area contributed by atoms with Crippen LogP contribution in [0.5, 0.6) is 5.88 Å². The van der Waals surface area contributed by atoms with Crippen LogP contribution < -0.4 is 9.64 Å². The van der Waals surface area contributed by atoms with Crippen molar-refractivity contribution in [3.05, 3.63) is 30.4 Å². The fourth-order valence-corrected chi connectivity index (χ4v) is 4.34. The molecular formula is C18H26N6O. The van der Waals surface area contributed by atoms with E-state index in [1.807, 2.05) is 24.0 Å². The maximum absolute atomic E-state index is 5.24. The average Bonchev–Trinajstić information content (AvgIpc) is 3.22. The van der Waals surface area contributed by atoms with Gasteiger partial charge in [0, 0.05) is 56.5 Å². The molecule has 4 heterocycles. The molecule has 0 aliphatic carbocycles. The molecule has 0 bridgehead atoms. The molecule has 0 unspecified atom stereocenters. The fourth-order valence-electron chi connectivity index (χ4n) is 4.34. The van der Waals surface area contributed by atoms with Crippen LogP contribution in [0.15, 0.2) is 24.8 Å². The first kappa shape index (κ1) is 16.3. The number of hydrogen-bond acceptors (Lipinski definition) is 6. The highest BCUT2D eigenvalue weighted by Crippen LogP contribution is 2.40. The predicted octanol–water partition coefficient (Wildman–Crippen LogP) is 1.71. The summed E-state index contributed by atoms with van der Waals surface area (Å²) in [7, 11) is 3.63. The molecule has 0 saturated carbocycles. The molecule has 2 aliphatic rings. The second kappa shape index (κ2) is 6.63. The van der Waals surface area contributed by atoms with Crippen LogP contribution in [0.4, 0.5) is 5.82 Å². The van der Waals surface area contributed by atoms with Gasteiger partial charge in [-0.2, -0.15) is 5.10 Å². The van der Waals surface area contributed by atoms with E-state index in [0.717, 1.165) is 32.0 Å². The van der Waals surface area contributed by atoms with Crippen molar-refractivity contribution in [3.63, 3.8) is 0 Å². The second-order valence-corrected chi connectivity index (χ2v) is 7.43. The lowest BCUT2D eigenvalue weighted by atomic mass is 9.79. The summed E-state index contributed by atoms with van der Waals surface area (Å²) in [4.78, 5) is 13.5. The molecule has 4 rings (SSSR count). The van der Waals surface area contributed by atoms with Crippen molar-refractivity contribution in [3.8, 4) is 5.88 Å². The van der Waals surface area contributed by atoms with Gasteiger partial charge in [-0.05, 0) is 25.8 Å². The van der Waals surface area contributed by atoms with Gasteiger partial charge in [-0.1, -0.05) is 0 Å². The summed E-state index contributed by atoms with van der Waals surface area (Å²) in [6.07, 6.45) is 9.48. The monoisotopic (exact) mass is 342 g/mol. The largest absolute Gasteiger partial charge is 0.481 e. The summed E-state index contributed by atoms with van der Waals surface area (Å²) in [6.45, 7) is 5.45.